The van der Waals surface area contributed by atoms with Gasteiger partial charge in [-0.05, 0) is 31.2 Å². The summed E-state index contributed by atoms with van der Waals surface area (Å²) in [5.74, 6) is 0. The molecule has 0 spiro atoms. The van der Waals surface area contributed by atoms with Crippen LogP contribution in [0.25, 0.3) is 0 Å². The van der Waals surface area contributed by atoms with Crippen molar-refractivity contribution in [3.8, 4) is 0 Å². The van der Waals surface area contributed by atoms with Crippen LogP contribution in [0.15, 0.2) is 0 Å². The van der Waals surface area contributed by atoms with E-state index in [2.05, 4.69) is 33.9 Å². The van der Waals surface area contributed by atoms with Gasteiger partial charge in [-0.25, -0.2) is 0 Å². The summed E-state index contributed by atoms with van der Waals surface area (Å²) < 4.78 is 6.03. The molecule has 12 heavy (non-hydrogen) atoms. The second-order valence-corrected chi connectivity index (χ2v) is 16.0. The molecule has 0 saturated heterocycles. The molecule has 0 bridgehead atoms. The van der Waals surface area contributed by atoms with Gasteiger partial charge in [-0.3, -0.25) is 0 Å². The van der Waals surface area contributed by atoms with E-state index in [4.69, 9.17) is 15.2 Å². The van der Waals surface area contributed by atoms with E-state index in [1.165, 1.54) is 0 Å². The number of halogens is 1. The van der Waals surface area contributed by atoms with Crippen molar-refractivity contribution in [2.45, 2.75) is 52.0 Å². The van der Waals surface area contributed by atoms with Crippen molar-refractivity contribution in [3.05, 3.63) is 0 Å². The predicted octanol–water partition coefficient (Wildman–Crippen LogP) is 3.95. The van der Waals surface area contributed by atoms with E-state index in [-0.39, 0.29) is 5.04 Å². The fourth-order valence-corrected chi connectivity index (χ4v) is 8.57. The normalized spacial score (nSPS) is 15.0. The number of rotatable bonds is 2. The predicted molar refractivity (Wildman–Crippen MR) is 61.6 cm³/mol. The van der Waals surface area contributed by atoms with Crippen LogP contribution in [0.3, 0.4) is 0 Å². The fraction of sp³-hybridized carbons (Fsp3) is 1.00. The van der Waals surface area contributed by atoms with Gasteiger partial charge in [0, 0.05) is 0 Å². The molecule has 0 fully saturated rings. The topological polar surface area (TPSA) is 9.23 Å². The van der Waals surface area contributed by atoms with Crippen molar-refractivity contribution in [1.82, 2.24) is 0 Å². The SMILES string of the molecule is CC(C)(C)[Si](C)(C)O[Si](C)(C)Cl. The summed E-state index contributed by atoms with van der Waals surface area (Å²) >= 11 is 6.18. The first-order valence-corrected chi connectivity index (χ1v) is 11.2. The Balaban J connectivity index is 4.44. The Labute approximate surface area is 83.4 Å². The standard InChI is InChI=1S/C8H21ClOSi2/c1-8(2,3)11(4,5)10-12(6,7)9/h1-7H3. The van der Waals surface area contributed by atoms with Crippen LogP contribution in [0.1, 0.15) is 20.8 Å². The van der Waals surface area contributed by atoms with Crippen molar-refractivity contribution in [2.75, 3.05) is 0 Å². The van der Waals surface area contributed by atoms with Crippen LogP contribution >= 0.6 is 11.1 Å². The Morgan fingerprint density at radius 3 is 1.42 bits per heavy atom. The van der Waals surface area contributed by atoms with Crippen molar-refractivity contribution < 1.29 is 4.12 Å². The first-order chi connectivity index (χ1) is 4.96. The lowest BCUT2D eigenvalue weighted by molar-refractivity contribution is 0.501. The third-order valence-corrected chi connectivity index (χ3v) is 10.6. The summed E-state index contributed by atoms with van der Waals surface area (Å²) in [4.78, 5) is 0. The molecular formula is C8H21ClOSi2. The lowest BCUT2D eigenvalue weighted by Gasteiger charge is -2.40. The smallest absolute Gasteiger partial charge is 0.274 e. The molecule has 0 saturated carbocycles. The summed E-state index contributed by atoms with van der Waals surface area (Å²) in [6.07, 6.45) is 0. The van der Waals surface area contributed by atoms with E-state index in [0.717, 1.165) is 0 Å². The summed E-state index contributed by atoms with van der Waals surface area (Å²) in [6, 6.07) is 0. The van der Waals surface area contributed by atoms with E-state index in [0.29, 0.717) is 0 Å². The van der Waals surface area contributed by atoms with E-state index in [9.17, 15) is 0 Å². The van der Waals surface area contributed by atoms with Crippen molar-refractivity contribution >= 4 is 27.0 Å². The molecule has 0 aliphatic heterocycles. The van der Waals surface area contributed by atoms with Gasteiger partial charge in [-0.2, -0.15) is 0 Å². The van der Waals surface area contributed by atoms with Gasteiger partial charge in [0.25, 0.3) is 7.63 Å². The van der Waals surface area contributed by atoms with Crippen LogP contribution in [0.2, 0.25) is 31.2 Å². The van der Waals surface area contributed by atoms with Gasteiger partial charge in [-0.15, -0.1) is 11.1 Å². The lowest BCUT2D eigenvalue weighted by Crippen LogP contribution is -2.47. The number of hydrogen-bond donors (Lipinski definition) is 0. The summed E-state index contributed by atoms with van der Waals surface area (Å²) in [5, 5.41) is 0.270. The Morgan fingerprint density at radius 2 is 1.33 bits per heavy atom. The van der Waals surface area contributed by atoms with E-state index in [1.807, 2.05) is 13.1 Å². The molecule has 0 aromatic heterocycles. The maximum Gasteiger partial charge on any atom is 0.274 e. The monoisotopic (exact) mass is 224 g/mol. The molecule has 4 heteroatoms. The van der Waals surface area contributed by atoms with Gasteiger partial charge in [0.2, 0.25) is 0 Å². The molecule has 0 aromatic rings. The zero-order chi connectivity index (χ0) is 10.2. The molecule has 1 nitrogen and oxygen atoms in total. The van der Waals surface area contributed by atoms with Crippen LogP contribution in [0, 0.1) is 0 Å². The Morgan fingerprint density at radius 1 is 1.00 bits per heavy atom. The first-order valence-electron chi connectivity index (χ1n) is 4.35. The molecule has 0 atom stereocenters. The summed E-state index contributed by atoms with van der Waals surface area (Å²) in [7, 11) is -3.48. The largest absolute Gasteiger partial charge is 0.444 e. The van der Waals surface area contributed by atoms with Crippen LogP contribution in [-0.4, -0.2) is 15.9 Å². The Hall–Kier alpha value is 0.684. The quantitative estimate of drug-likeness (QED) is 0.510. The van der Waals surface area contributed by atoms with Crippen LogP contribution in [0.4, 0.5) is 0 Å². The van der Waals surface area contributed by atoms with E-state index >= 15 is 0 Å². The van der Waals surface area contributed by atoms with Crippen LogP contribution in [-0.2, 0) is 4.12 Å². The van der Waals surface area contributed by atoms with E-state index in [1.54, 1.807) is 0 Å². The molecule has 0 rings (SSSR count). The maximum absolute atomic E-state index is 6.18. The van der Waals surface area contributed by atoms with Crippen LogP contribution in [0.5, 0.6) is 0 Å². The zero-order valence-corrected chi connectivity index (χ0v) is 12.0. The molecule has 0 unspecified atom stereocenters. The van der Waals surface area contributed by atoms with Gasteiger partial charge in [0.05, 0.1) is 0 Å². The molecule has 0 aliphatic rings. The average molecular weight is 225 g/mol. The highest BCUT2D eigenvalue weighted by atomic mass is 35.6. The molecule has 0 aromatic carbocycles. The highest BCUT2D eigenvalue weighted by molar-refractivity contribution is 7.17. The number of hydrogen-bond acceptors (Lipinski definition) is 1. The third-order valence-electron chi connectivity index (χ3n) is 2.30. The van der Waals surface area contributed by atoms with Crippen molar-refractivity contribution in [3.63, 3.8) is 0 Å². The second-order valence-electron chi connectivity index (χ2n) is 5.23. The summed E-state index contributed by atoms with van der Waals surface area (Å²) in [5.41, 5.74) is 0. The molecule has 0 aliphatic carbocycles. The molecular weight excluding hydrogens is 204 g/mol. The minimum Gasteiger partial charge on any atom is -0.444 e. The minimum atomic E-state index is -1.87. The van der Waals surface area contributed by atoms with Gasteiger partial charge < -0.3 is 4.12 Å². The van der Waals surface area contributed by atoms with Gasteiger partial charge in [0.1, 0.15) is 0 Å². The van der Waals surface area contributed by atoms with Gasteiger partial charge in [-0.1, -0.05) is 20.8 Å². The summed E-state index contributed by atoms with van der Waals surface area (Å²) in [6.45, 7) is 15.3. The Bertz CT molecular complexity index is 155. The third kappa shape index (κ3) is 4.07. The van der Waals surface area contributed by atoms with Gasteiger partial charge >= 0.3 is 0 Å². The average Bonchev–Trinajstić information content (AvgIpc) is 1.52. The fourth-order valence-electron chi connectivity index (χ4n) is 0.760. The second kappa shape index (κ2) is 3.44. The minimum absolute atomic E-state index is 0.270. The van der Waals surface area contributed by atoms with Crippen molar-refractivity contribution in [1.29, 1.82) is 0 Å². The molecule has 0 amide bonds. The van der Waals surface area contributed by atoms with Crippen molar-refractivity contribution in [2.24, 2.45) is 0 Å². The molecule has 74 valence electrons. The molecule has 0 N–H and O–H groups in total. The van der Waals surface area contributed by atoms with Crippen LogP contribution < -0.4 is 0 Å². The molecule has 0 heterocycles. The highest BCUT2D eigenvalue weighted by Gasteiger charge is 2.41. The van der Waals surface area contributed by atoms with Gasteiger partial charge in [0.15, 0.2) is 8.32 Å². The highest BCUT2D eigenvalue weighted by Crippen LogP contribution is 2.38. The lowest BCUT2D eigenvalue weighted by atomic mass is 10.2. The molecule has 0 radical (unpaired) electrons. The first kappa shape index (κ1) is 12.7. The Kier molecular flexibility index (Phi) is 3.64. The zero-order valence-electron chi connectivity index (χ0n) is 9.29. The maximum atomic E-state index is 6.18. The van der Waals surface area contributed by atoms with E-state index < -0.39 is 15.9 Å².